The van der Waals surface area contributed by atoms with Crippen LogP contribution in [0.25, 0.3) is 0 Å². The van der Waals surface area contributed by atoms with Crippen LogP contribution in [0.5, 0.6) is 0 Å². The molecule has 0 heterocycles. The monoisotopic (exact) mass is 259 g/mol. The molecule has 16 heavy (non-hydrogen) atoms. The molecule has 0 bridgehead atoms. The van der Waals surface area contributed by atoms with Crippen molar-refractivity contribution in [2.45, 2.75) is 25.6 Å². The molecule has 2 unspecified atom stereocenters. The van der Waals surface area contributed by atoms with Crippen LogP contribution in [0.3, 0.4) is 0 Å². The molecule has 4 heteroatoms. The summed E-state index contributed by atoms with van der Waals surface area (Å²) in [6, 6.07) is 7.45. The zero-order valence-electron chi connectivity index (χ0n) is 9.65. The fraction of sp³-hybridized carbons (Fsp3) is 0.500. The summed E-state index contributed by atoms with van der Waals surface area (Å²) in [7, 11) is -0.896. The van der Waals surface area contributed by atoms with Gasteiger partial charge in [0.1, 0.15) is 0 Å². The van der Waals surface area contributed by atoms with Gasteiger partial charge in [0.25, 0.3) is 0 Å². The summed E-state index contributed by atoms with van der Waals surface area (Å²) >= 11 is 5.78. The first-order valence-electron chi connectivity index (χ1n) is 5.34. The minimum atomic E-state index is -0.896. The van der Waals surface area contributed by atoms with E-state index in [2.05, 4.69) is 0 Å². The number of benzene rings is 1. The maximum absolute atomic E-state index is 11.8. The standard InChI is InChI=1S/C12H18ClNOS/c1-9(2)12(14)8-16(15)7-10-3-5-11(13)6-4-10/h3-6,9,12H,7-8,14H2,1-2H3. The second-order valence-electron chi connectivity index (χ2n) is 4.29. The lowest BCUT2D eigenvalue weighted by atomic mass is 10.1. The number of hydrogen-bond donors (Lipinski definition) is 1. The van der Waals surface area contributed by atoms with E-state index in [0.717, 1.165) is 5.56 Å². The van der Waals surface area contributed by atoms with E-state index in [1.807, 2.05) is 38.1 Å². The average Bonchev–Trinajstić information content (AvgIpc) is 2.21. The van der Waals surface area contributed by atoms with Crippen molar-refractivity contribution in [3.8, 4) is 0 Å². The SMILES string of the molecule is CC(C)C(N)CS(=O)Cc1ccc(Cl)cc1. The molecule has 1 rings (SSSR count). The van der Waals surface area contributed by atoms with Crippen molar-refractivity contribution in [1.29, 1.82) is 0 Å². The molecular weight excluding hydrogens is 242 g/mol. The fourth-order valence-electron chi connectivity index (χ4n) is 1.23. The molecule has 2 nitrogen and oxygen atoms in total. The van der Waals surface area contributed by atoms with E-state index >= 15 is 0 Å². The van der Waals surface area contributed by atoms with E-state index in [1.54, 1.807) is 0 Å². The van der Waals surface area contributed by atoms with Gasteiger partial charge in [0, 0.05) is 33.4 Å². The summed E-state index contributed by atoms with van der Waals surface area (Å²) in [5.74, 6) is 1.48. The number of nitrogens with two attached hydrogens (primary N) is 1. The summed E-state index contributed by atoms with van der Waals surface area (Å²) in [5.41, 5.74) is 6.92. The van der Waals surface area contributed by atoms with Gasteiger partial charge in [-0.25, -0.2) is 0 Å². The predicted molar refractivity (Wildman–Crippen MR) is 71.0 cm³/mol. The molecule has 0 amide bonds. The molecule has 0 aliphatic rings. The van der Waals surface area contributed by atoms with Crippen molar-refractivity contribution in [2.24, 2.45) is 11.7 Å². The van der Waals surface area contributed by atoms with Crippen LogP contribution in [-0.4, -0.2) is 16.0 Å². The van der Waals surface area contributed by atoms with Gasteiger partial charge in [-0.3, -0.25) is 4.21 Å². The third-order valence-corrected chi connectivity index (χ3v) is 4.14. The smallest absolute Gasteiger partial charge is 0.0486 e. The molecule has 0 aromatic heterocycles. The zero-order chi connectivity index (χ0) is 12.1. The van der Waals surface area contributed by atoms with Gasteiger partial charge < -0.3 is 5.73 Å². The topological polar surface area (TPSA) is 43.1 Å². The van der Waals surface area contributed by atoms with Gasteiger partial charge in [0.05, 0.1) is 0 Å². The van der Waals surface area contributed by atoms with Crippen LogP contribution >= 0.6 is 11.6 Å². The Morgan fingerprint density at radius 2 is 1.88 bits per heavy atom. The molecule has 1 aromatic rings. The van der Waals surface area contributed by atoms with Crippen LogP contribution in [0.1, 0.15) is 19.4 Å². The highest BCUT2D eigenvalue weighted by atomic mass is 35.5. The Balaban J connectivity index is 2.48. The Bertz CT molecular complexity index is 351. The third kappa shape index (κ3) is 4.64. The highest BCUT2D eigenvalue weighted by Crippen LogP contribution is 2.12. The van der Waals surface area contributed by atoms with Gasteiger partial charge in [0.2, 0.25) is 0 Å². The average molecular weight is 260 g/mol. The Morgan fingerprint density at radius 3 is 2.38 bits per heavy atom. The van der Waals surface area contributed by atoms with Crippen LogP contribution in [0.2, 0.25) is 5.02 Å². The fourth-order valence-corrected chi connectivity index (χ4v) is 2.85. The van der Waals surface area contributed by atoms with Crippen LogP contribution in [0.4, 0.5) is 0 Å². The largest absolute Gasteiger partial charge is 0.327 e. The van der Waals surface area contributed by atoms with Gasteiger partial charge in [0.15, 0.2) is 0 Å². The van der Waals surface area contributed by atoms with Crippen molar-refractivity contribution in [1.82, 2.24) is 0 Å². The van der Waals surface area contributed by atoms with Crippen LogP contribution in [0.15, 0.2) is 24.3 Å². The highest BCUT2D eigenvalue weighted by Gasteiger charge is 2.12. The predicted octanol–water partition coefficient (Wildman–Crippen LogP) is 2.57. The summed E-state index contributed by atoms with van der Waals surface area (Å²) in [4.78, 5) is 0. The van der Waals surface area contributed by atoms with Gasteiger partial charge in [-0.1, -0.05) is 37.6 Å². The van der Waals surface area contributed by atoms with Gasteiger partial charge in [-0.15, -0.1) is 0 Å². The quantitative estimate of drug-likeness (QED) is 0.883. The second-order valence-corrected chi connectivity index (χ2v) is 6.22. The van der Waals surface area contributed by atoms with E-state index in [1.165, 1.54) is 0 Å². The first-order valence-corrected chi connectivity index (χ1v) is 7.20. The summed E-state index contributed by atoms with van der Waals surface area (Å²) in [6.07, 6.45) is 0. The molecule has 0 fully saturated rings. The molecule has 0 saturated heterocycles. The molecule has 90 valence electrons. The molecule has 0 aliphatic carbocycles. The zero-order valence-corrected chi connectivity index (χ0v) is 11.2. The van der Waals surface area contributed by atoms with Crippen molar-refractivity contribution in [2.75, 3.05) is 5.75 Å². The molecule has 0 radical (unpaired) electrons. The summed E-state index contributed by atoms with van der Waals surface area (Å²) in [5, 5.41) is 0.702. The highest BCUT2D eigenvalue weighted by molar-refractivity contribution is 7.84. The number of rotatable bonds is 5. The number of halogens is 1. The van der Waals surface area contributed by atoms with Crippen LogP contribution in [0, 0.1) is 5.92 Å². The van der Waals surface area contributed by atoms with Gasteiger partial charge in [-0.2, -0.15) is 0 Å². The molecule has 2 atom stereocenters. The second kappa shape index (κ2) is 6.38. The summed E-state index contributed by atoms with van der Waals surface area (Å²) in [6.45, 7) is 4.09. The third-order valence-electron chi connectivity index (χ3n) is 2.48. The van der Waals surface area contributed by atoms with E-state index in [0.29, 0.717) is 22.4 Å². The Kier molecular flexibility index (Phi) is 5.46. The Labute approximate surface area is 105 Å². The Hall–Kier alpha value is -0.380. The molecular formula is C12H18ClNOS. The summed E-state index contributed by atoms with van der Waals surface area (Å²) < 4.78 is 11.8. The van der Waals surface area contributed by atoms with E-state index in [9.17, 15) is 4.21 Å². The lowest BCUT2D eigenvalue weighted by Gasteiger charge is -2.14. The van der Waals surface area contributed by atoms with Crippen LogP contribution in [-0.2, 0) is 16.6 Å². The normalized spacial score (nSPS) is 15.1. The van der Waals surface area contributed by atoms with Crippen molar-refractivity contribution in [3.05, 3.63) is 34.9 Å². The Morgan fingerprint density at radius 1 is 1.31 bits per heavy atom. The molecule has 0 spiro atoms. The van der Waals surface area contributed by atoms with Crippen molar-refractivity contribution >= 4 is 22.4 Å². The number of hydrogen-bond acceptors (Lipinski definition) is 2. The first kappa shape index (κ1) is 13.7. The lowest BCUT2D eigenvalue weighted by molar-refractivity contribution is 0.530. The minimum absolute atomic E-state index is 0.00753. The van der Waals surface area contributed by atoms with Crippen LogP contribution < -0.4 is 5.73 Å². The first-order chi connectivity index (χ1) is 7.49. The molecule has 0 saturated carbocycles. The lowest BCUT2D eigenvalue weighted by Crippen LogP contribution is -2.32. The maximum Gasteiger partial charge on any atom is 0.0486 e. The van der Waals surface area contributed by atoms with Gasteiger partial charge in [-0.05, 0) is 23.6 Å². The maximum atomic E-state index is 11.8. The van der Waals surface area contributed by atoms with E-state index < -0.39 is 10.8 Å². The van der Waals surface area contributed by atoms with Crippen molar-refractivity contribution in [3.63, 3.8) is 0 Å². The van der Waals surface area contributed by atoms with Crippen molar-refractivity contribution < 1.29 is 4.21 Å². The van der Waals surface area contributed by atoms with E-state index in [4.69, 9.17) is 17.3 Å². The molecule has 2 N–H and O–H groups in total. The minimum Gasteiger partial charge on any atom is -0.327 e. The van der Waals surface area contributed by atoms with E-state index in [-0.39, 0.29) is 6.04 Å². The molecule has 1 aromatic carbocycles. The van der Waals surface area contributed by atoms with Gasteiger partial charge >= 0.3 is 0 Å². The molecule has 0 aliphatic heterocycles.